The molecule has 0 aliphatic carbocycles. The van der Waals surface area contributed by atoms with Crippen LogP contribution < -0.4 is 0 Å². The molecule has 0 amide bonds. The van der Waals surface area contributed by atoms with Crippen LogP contribution >= 0.6 is 0 Å². The normalized spacial score (nSPS) is 13.0. The van der Waals surface area contributed by atoms with Crippen molar-refractivity contribution in [3.8, 4) is 0 Å². The van der Waals surface area contributed by atoms with Crippen LogP contribution in [0.3, 0.4) is 0 Å². The summed E-state index contributed by atoms with van der Waals surface area (Å²) in [5, 5.41) is 0. The average Bonchev–Trinajstić information content (AvgIpc) is 3.17. The molecule has 308 valence electrons. The van der Waals surface area contributed by atoms with Crippen molar-refractivity contribution in [2.45, 2.75) is 194 Å². The van der Waals surface area contributed by atoms with Crippen molar-refractivity contribution < 1.29 is 23.8 Å². The highest BCUT2D eigenvalue weighted by atomic mass is 16.6. The third-order valence-electron chi connectivity index (χ3n) is 8.90. The van der Waals surface area contributed by atoms with Gasteiger partial charge in [0.15, 0.2) is 6.10 Å². The van der Waals surface area contributed by atoms with Crippen LogP contribution in [0.5, 0.6) is 0 Å². The lowest BCUT2D eigenvalue weighted by Gasteiger charge is -2.18. The highest BCUT2D eigenvalue weighted by Gasteiger charge is 2.17. The molecule has 5 heteroatoms. The molecule has 0 aromatic carbocycles. The van der Waals surface area contributed by atoms with Crippen molar-refractivity contribution in [3.05, 3.63) is 85.1 Å². The smallest absolute Gasteiger partial charge is 0.306 e. The second-order valence-corrected chi connectivity index (χ2v) is 14.2. The first-order chi connectivity index (χ1) is 26.6. The van der Waals surface area contributed by atoms with Gasteiger partial charge in [0, 0.05) is 19.4 Å². The lowest BCUT2D eigenvalue weighted by molar-refractivity contribution is -0.163. The molecule has 0 aromatic rings. The first-order valence-corrected chi connectivity index (χ1v) is 22.1. The van der Waals surface area contributed by atoms with E-state index in [9.17, 15) is 9.59 Å². The first kappa shape index (κ1) is 51.1. The van der Waals surface area contributed by atoms with Crippen LogP contribution in [0.1, 0.15) is 188 Å². The monoisotopic (exact) mass is 751 g/mol. The Labute approximate surface area is 333 Å². The Morgan fingerprint density at radius 2 is 0.870 bits per heavy atom. The zero-order valence-corrected chi connectivity index (χ0v) is 35.2. The van der Waals surface area contributed by atoms with Crippen LogP contribution in [0, 0.1) is 0 Å². The lowest BCUT2D eigenvalue weighted by Crippen LogP contribution is -2.30. The Kier molecular flexibility index (Phi) is 42.1. The Hall–Kier alpha value is -2.92. The number of carbonyl (C=O) groups excluding carboxylic acids is 2. The van der Waals surface area contributed by atoms with Gasteiger partial charge in [-0.2, -0.15) is 0 Å². The molecule has 0 N–H and O–H groups in total. The van der Waals surface area contributed by atoms with Gasteiger partial charge in [0.1, 0.15) is 6.61 Å². The number of unbranched alkanes of at least 4 members (excludes halogenated alkanes) is 14. The largest absolute Gasteiger partial charge is 0.462 e. The Bertz CT molecular complexity index is 1030. The summed E-state index contributed by atoms with van der Waals surface area (Å²) in [7, 11) is 0. The van der Waals surface area contributed by atoms with Crippen molar-refractivity contribution in [2.24, 2.45) is 0 Å². The van der Waals surface area contributed by atoms with Crippen molar-refractivity contribution in [2.75, 3.05) is 19.8 Å². The van der Waals surface area contributed by atoms with Gasteiger partial charge < -0.3 is 14.2 Å². The van der Waals surface area contributed by atoms with Crippen LogP contribution in [-0.4, -0.2) is 37.9 Å². The summed E-state index contributed by atoms with van der Waals surface area (Å²) >= 11 is 0. The zero-order valence-electron chi connectivity index (χ0n) is 35.2. The van der Waals surface area contributed by atoms with E-state index < -0.39 is 6.10 Å². The minimum absolute atomic E-state index is 0.0586. The number of hydrogen-bond acceptors (Lipinski definition) is 5. The predicted molar refractivity (Wildman–Crippen MR) is 233 cm³/mol. The molecule has 0 aliphatic heterocycles. The van der Waals surface area contributed by atoms with Crippen LogP contribution in [0.15, 0.2) is 85.1 Å². The van der Waals surface area contributed by atoms with E-state index in [4.69, 9.17) is 14.2 Å². The minimum atomic E-state index is -0.555. The van der Waals surface area contributed by atoms with E-state index >= 15 is 0 Å². The third kappa shape index (κ3) is 41.8. The molecular formula is C49H82O5. The zero-order chi connectivity index (χ0) is 39.3. The predicted octanol–water partition coefficient (Wildman–Crippen LogP) is 14.6. The van der Waals surface area contributed by atoms with E-state index in [1.54, 1.807) is 0 Å². The van der Waals surface area contributed by atoms with Crippen molar-refractivity contribution >= 4 is 11.9 Å². The molecular weight excluding hydrogens is 669 g/mol. The van der Waals surface area contributed by atoms with Gasteiger partial charge in [-0.15, -0.1) is 0 Å². The molecule has 1 atom stereocenters. The topological polar surface area (TPSA) is 61.8 Å². The first-order valence-electron chi connectivity index (χ1n) is 22.1. The van der Waals surface area contributed by atoms with Gasteiger partial charge in [0.2, 0.25) is 0 Å². The van der Waals surface area contributed by atoms with Crippen LogP contribution in [-0.2, 0) is 23.8 Å². The van der Waals surface area contributed by atoms with Crippen molar-refractivity contribution in [3.63, 3.8) is 0 Å². The molecule has 1 unspecified atom stereocenters. The van der Waals surface area contributed by atoms with E-state index in [1.165, 1.54) is 44.9 Å². The molecule has 0 bridgehead atoms. The second-order valence-electron chi connectivity index (χ2n) is 14.2. The van der Waals surface area contributed by atoms with Crippen molar-refractivity contribution in [1.82, 2.24) is 0 Å². The van der Waals surface area contributed by atoms with E-state index in [1.807, 2.05) is 0 Å². The highest BCUT2D eigenvalue weighted by Crippen LogP contribution is 2.11. The van der Waals surface area contributed by atoms with Crippen LogP contribution in [0.4, 0.5) is 0 Å². The quantitative estimate of drug-likeness (QED) is 0.0356. The lowest BCUT2D eigenvalue weighted by atomic mass is 10.1. The third-order valence-corrected chi connectivity index (χ3v) is 8.90. The maximum absolute atomic E-state index is 12.6. The number of esters is 2. The minimum Gasteiger partial charge on any atom is -0.462 e. The van der Waals surface area contributed by atoms with Gasteiger partial charge in [-0.3, -0.25) is 9.59 Å². The van der Waals surface area contributed by atoms with Gasteiger partial charge in [0.05, 0.1) is 6.61 Å². The van der Waals surface area contributed by atoms with Gasteiger partial charge >= 0.3 is 11.9 Å². The number of rotatable bonds is 39. The Morgan fingerprint density at radius 1 is 0.426 bits per heavy atom. The Balaban J connectivity index is 4.22. The molecule has 0 radical (unpaired) electrons. The molecule has 0 rings (SSSR count). The fourth-order valence-electron chi connectivity index (χ4n) is 5.63. The molecule has 0 fully saturated rings. The summed E-state index contributed by atoms with van der Waals surface area (Å²) < 4.78 is 17.2. The molecule has 0 aromatic heterocycles. The summed E-state index contributed by atoms with van der Waals surface area (Å²) in [4.78, 5) is 25.1. The maximum Gasteiger partial charge on any atom is 0.306 e. The van der Waals surface area contributed by atoms with Gasteiger partial charge in [-0.1, -0.05) is 170 Å². The number of hydrogen-bond donors (Lipinski definition) is 0. The molecule has 0 saturated heterocycles. The Morgan fingerprint density at radius 3 is 1.43 bits per heavy atom. The van der Waals surface area contributed by atoms with Crippen LogP contribution in [0.2, 0.25) is 0 Å². The van der Waals surface area contributed by atoms with Crippen molar-refractivity contribution in [1.29, 1.82) is 0 Å². The standard InChI is InChI=1S/C49H82O5/c1-4-7-10-13-16-18-20-22-23-24-25-26-27-29-30-32-34-36-39-42-48(50)53-46-47(45-52-44-41-38-15-12-9-6-3)54-49(51)43-40-37-35-33-31-28-21-19-17-14-11-8-5-2/h7,10-11,14,16,18-19,21-23,25-26,29-30,47H,4-6,8-9,12-13,15,17,20,24,27-28,31-46H2,1-3H3/b10-7-,14-11-,18-16-,21-19-,23-22-,26-25-,30-29-. The maximum atomic E-state index is 12.6. The highest BCUT2D eigenvalue weighted by molar-refractivity contribution is 5.70. The summed E-state index contributed by atoms with van der Waals surface area (Å²) in [6, 6.07) is 0. The molecule has 54 heavy (non-hydrogen) atoms. The van der Waals surface area contributed by atoms with E-state index in [0.717, 1.165) is 109 Å². The second kappa shape index (κ2) is 44.5. The summed E-state index contributed by atoms with van der Waals surface area (Å²) in [5.74, 6) is -0.460. The van der Waals surface area contributed by atoms with E-state index in [-0.39, 0.29) is 25.2 Å². The molecule has 5 nitrogen and oxygen atoms in total. The number of allylic oxidation sites excluding steroid dienone is 14. The number of ether oxygens (including phenoxy) is 3. The van der Waals surface area contributed by atoms with Crippen LogP contribution in [0.25, 0.3) is 0 Å². The summed E-state index contributed by atoms with van der Waals surface area (Å²) in [6.45, 7) is 7.54. The number of carbonyl (C=O) groups is 2. The molecule has 0 heterocycles. The fourth-order valence-corrected chi connectivity index (χ4v) is 5.63. The van der Waals surface area contributed by atoms with E-state index in [0.29, 0.717) is 19.4 Å². The van der Waals surface area contributed by atoms with Gasteiger partial charge in [-0.05, 0) is 89.9 Å². The fraction of sp³-hybridized carbons (Fsp3) is 0.673. The average molecular weight is 751 g/mol. The molecule has 0 aliphatic rings. The molecule has 0 spiro atoms. The van der Waals surface area contributed by atoms with Gasteiger partial charge in [-0.25, -0.2) is 0 Å². The van der Waals surface area contributed by atoms with E-state index in [2.05, 4.69) is 106 Å². The summed E-state index contributed by atoms with van der Waals surface area (Å²) in [6.07, 6.45) is 57.3. The van der Waals surface area contributed by atoms with Gasteiger partial charge in [0.25, 0.3) is 0 Å². The molecule has 0 saturated carbocycles. The SMILES string of the molecule is CC/C=C\C/C=C\C/C=C\C/C=C\C/C=C\CCCCCC(=O)OCC(COCCCCCCCC)OC(=O)CCCCCCC/C=C\C/C=C\CCC. The summed E-state index contributed by atoms with van der Waals surface area (Å²) in [5.41, 5.74) is 0.